The Morgan fingerprint density at radius 2 is 1.65 bits per heavy atom. The number of carbonyl (C=O) groups is 2. The molecule has 31 heavy (non-hydrogen) atoms. The molecule has 7 heteroatoms. The van der Waals surface area contributed by atoms with Gasteiger partial charge in [0.05, 0.1) is 0 Å². The van der Waals surface area contributed by atoms with Crippen LogP contribution in [-0.4, -0.2) is 29.0 Å². The van der Waals surface area contributed by atoms with Gasteiger partial charge in [-0.05, 0) is 79.4 Å². The molecule has 2 aromatic carbocycles. The van der Waals surface area contributed by atoms with Crippen molar-refractivity contribution in [1.82, 2.24) is 10.3 Å². The summed E-state index contributed by atoms with van der Waals surface area (Å²) in [6.45, 7) is 2.39. The van der Waals surface area contributed by atoms with E-state index in [9.17, 15) is 9.59 Å². The molecule has 0 bridgehead atoms. The standard InChI is InChI=1S/C24H23ClN4O2/c1-24(28-23(31)27-20-7-5-19(25)6-8-20)13-2-16-29(22(24)30)21-9-3-17(4-10-21)18-11-14-26-15-12-18/h3-12,14-15H,2,13,16H2,1H3,(H2,27,28,31)/t24-/m0/s1. The van der Waals surface area contributed by atoms with Crippen LogP contribution in [0, 0.1) is 0 Å². The van der Waals surface area contributed by atoms with E-state index in [1.807, 2.05) is 36.4 Å². The van der Waals surface area contributed by atoms with Crippen molar-refractivity contribution in [1.29, 1.82) is 0 Å². The molecule has 4 rings (SSSR count). The largest absolute Gasteiger partial charge is 0.324 e. The molecule has 2 heterocycles. The number of pyridine rings is 1. The molecule has 0 aliphatic carbocycles. The van der Waals surface area contributed by atoms with E-state index in [1.165, 1.54) is 0 Å². The normalized spacial score (nSPS) is 18.5. The summed E-state index contributed by atoms with van der Waals surface area (Å²) < 4.78 is 0. The third-order valence-electron chi connectivity index (χ3n) is 5.46. The van der Waals surface area contributed by atoms with Crippen LogP contribution < -0.4 is 15.5 Å². The van der Waals surface area contributed by atoms with Crippen LogP contribution in [0.15, 0.2) is 73.1 Å². The van der Waals surface area contributed by atoms with Gasteiger partial charge in [0.25, 0.3) is 5.91 Å². The summed E-state index contributed by atoms with van der Waals surface area (Å²) in [6, 6.07) is 18.1. The number of amides is 3. The fourth-order valence-electron chi connectivity index (χ4n) is 3.78. The third kappa shape index (κ3) is 4.70. The van der Waals surface area contributed by atoms with Gasteiger partial charge in [0.15, 0.2) is 0 Å². The maximum atomic E-state index is 13.3. The summed E-state index contributed by atoms with van der Waals surface area (Å²) in [5.41, 5.74) is 2.56. The van der Waals surface area contributed by atoms with Crippen molar-refractivity contribution < 1.29 is 9.59 Å². The molecule has 0 saturated carbocycles. The first kappa shape index (κ1) is 20.9. The van der Waals surface area contributed by atoms with E-state index >= 15 is 0 Å². The first-order chi connectivity index (χ1) is 14.9. The number of benzene rings is 2. The summed E-state index contributed by atoms with van der Waals surface area (Å²) >= 11 is 5.88. The van der Waals surface area contributed by atoms with Crippen LogP contribution in [0.3, 0.4) is 0 Å². The average molecular weight is 435 g/mol. The van der Waals surface area contributed by atoms with Gasteiger partial charge in [-0.15, -0.1) is 0 Å². The Kier molecular flexibility index (Phi) is 5.91. The lowest BCUT2D eigenvalue weighted by atomic mass is 9.89. The quantitative estimate of drug-likeness (QED) is 0.599. The van der Waals surface area contributed by atoms with Crippen molar-refractivity contribution in [2.45, 2.75) is 25.3 Å². The van der Waals surface area contributed by atoms with E-state index in [-0.39, 0.29) is 5.91 Å². The van der Waals surface area contributed by atoms with E-state index in [1.54, 1.807) is 48.5 Å². The SMILES string of the molecule is C[C@]1(NC(=O)Nc2ccc(Cl)cc2)CCCN(c2ccc(-c3ccncc3)cc2)C1=O. The van der Waals surface area contributed by atoms with Crippen molar-refractivity contribution in [2.75, 3.05) is 16.8 Å². The molecule has 1 saturated heterocycles. The van der Waals surface area contributed by atoms with Crippen LogP contribution in [0.25, 0.3) is 11.1 Å². The zero-order chi connectivity index (χ0) is 21.8. The van der Waals surface area contributed by atoms with Crippen molar-refractivity contribution in [3.63, 3.8) is 0 Å². The predicted molar refractivity (Wildman–Crippen MR) is 123 cm³/mol. The monoisotopic (exact) mass is 434 g/mol. The lowest BCUT2D eigenvalue weighted by molar-refractivity contribution is -0.125. The highest BCUT2D eigenvalue weighted by atomic mass is 35.5. The summed E-state index contributed by atoms with van der Waals surface area (Å²) in [4.78, 5) is 31.6. The van der Waals surface area contributed by atoms with Gasteiger partial charge in [0.1, 0.15) is 5.54 Å². The Hall–Kier alpha value is -3.38. The highest BCUT2D eigenvalue weighted by Crippen LogP contribution is 2.29. The molecule has 3 aromatic rings. The fraction of sp³-hybridized carbons (Fsp3) is 0.208. The molecule has 1 aliphatic rings. The predicted octanol–water partition coefficient (Wildman–Crippen LogP) is 5.11. The minimum absolute atomic E-state index is 0.123. The smallest absolute Gasteiger partial charge is 0.320 e. The molecular formula is C24H23ClN4O2. The number of nitrogens with zero attached hydrogens (tertiary/aromatic N) is 2. The minimum atomic E-state index is -0.988. The van der Waals surface area contributed by atoms with Crippen LogP contribution in [0.4, 0.5) is 16.2 Å². The Balaban J connectivity index is 1.46. The van der Waals surface area contributed by atoms with Gasteiger partial charge in [-0.3, -0.25) is 9.78 Å². The van der Waals surface area contributed by atoms with Crippen LogP contribution >= 0.6 is 11.6 Å². The van der Waals surface area contributed by atoms with Crippen molar-refractivity contribution in [2.24, 2.45) is 0 Å². The van der Waals surface area contributed by atoms with E-state index < -0.39 is 11.6 Å². The minimum Gasteiger partial charge on any atom is -0.324 e. The first-order valence-electron chi connectivity index (χ1n) is 10.1. The molecule has 2 N–H and O–H groups in total. The number of carbonyl (C=O) groups excluding carboxylic acids is 2. The number of aromatic nitrogens is 1. The second kappa shape index (κ2) is 8.78. The van der Waals surface area contributed by atoms with Crippen LogP contribution in [0.5, 0.6) is 0 Å². The van der Waals surface area contributed by atoms with Crippen molar-refractivity contribution in [3.8, 4) is 11.1 Å². The van der Waals surface area contributed by atoms with E-state index in [0.717, 1.165) is 23.2 Å². The summed E-state index contributed by atoms with van der Waals surface area (Å²) in [7, 11) is 0. The Morgan fingerprint density at radius 3 is 2.32 bits per heavy atom. The van der Waals surface area contributed by atoms with Crippen molar-refractivity contribution >= 4 is 34.9 Å². The Bertz CT molecular complexity index is 1070. The summed E-state index contributed by atoms with van der Waals surface area (Å²) in [6.07, 6.45) is 4.87. The lowest BCUT2D eigenvalue weighted by Crippen LogP contribution is -2.61. The molecule has 1 aliphatic heterocycles. The van der Waals surface area contributed by atoms with Gasteiger partial charge in [-0.2, -0.15) is 0 Å². The fourth-order valence-corrected chi connectivity index (χ4v) is 3.91. The maximum absolute atomic E-state index is 13.3. The number of rotatable bonds is 4. The zero-order valence-corrected chi connectivity index (χ0v) is 17.9. The topological polar surface area (TPSA) is 74.3 Å². The van der Waals surface area contributed by atoms with Crippen molar-refractivity contribution in [3.05, 3.63) is 78.1 Å². The molecule has 1 aromatic heterocycles. The summed E-state index contributed by atoms with van der Waals surface area (Å²) in [5, 5.41) is 6.21. The first-order valence-corrected chi connectivity index (χ1v) is 10.5. The number of nitrogens with one attached hydrogen (secondary N) is 2. The van der Waals surface area contributed by atoms with Gasteiger partial charge in [-0.25, -0.2) is 4.79 Å². The van der Waals surface area contributed by atoms with Gasteiger partial charge in [-0.1, -0.05) is 23.7 Å². The van der Waals surface area contributed by atoms with Gasteiger partial charge in [0.2, 0.25) is 0 Å². The Morgan fingerprint density at radius 1 is 1.00 bits per heavy atom. The molecule has 158 valence electrons. The summed E-state index contributed by atoms with van der Waals surface area (Å²) in [5.74, 6) is -0.123. The van der Waals surface area contributed by atoms with E-state index in [0.29, 0.717) is 23.7 Å². The third-order valence-corrected chi connectivity index (χ3v) is 5.71. The highest BCUT2D eigenvalue weighted by molar-refractivity contribution is 6.30. The second-order valence-electron chi connectivity index (χ2n) is 7.76. The van der Waals surface area contributed by atoms with E-state index in [4.69, 9.17) is 11.6 Å². The number of piperidine rings is 1. The molecular weight excluding hydrogens is 412 g/mol. The molecule has 1 atom stereocenters. The molecule has 1 fully saturated rings. The number of anilines is 2. The molecule has 3 amide bonds. The highest BCUT2D eigenvalue weighted by Gasteiger charge is 2.41. The molecule has 0 spiro atoms. The molecule has 6 nitrogen and oxygen atoms in total. The molecule has 0 radical (unpaired) electrons. The van der Waals surface area contributed by atoms with Crippen LogP contribution in [0.2, 0.25) is 5.02 Å². The van der Waals surface area contributed by atoms with Crippen LogP contribution in [0.1, 0.15) is 19.8 Å². The number of halogens is 1. The number of hydrogen-bond donors (Lipinski definition) is 2. The maximum Gasteiger partial charge on any atom is 0.320 e. The average Bonchev–Trinajstić information content (AvgIpc) is 2.78. The zero-order valence-electron chi connectivity index (χ0n) is 17.1. The van der Waals surface area contributed by atoms with Gasteiger partial charge < -0.3 is 15.5 Å². The van der Waals surface area contributed by atoms with Crippen LogP contribution in [-0.2, 0) is 4.79 Å². The van der Waals surface area contributed by atoms with Gasteiger partial charge in [0, 0.05) is 35.3 Å². The Labute approximate surface area is 186 Å². The number of urea groups is 1. The molecule has 0 unspecified atom stereocenters. The van der Waals surface area contributed by atoms with E-state index in [2.05, 4.69) is 15.6 Å². The number of hydrogen-bond acceptors (Lipinski definition) is 3. The van der Waals surface area contributed by atoms with Gasteiger partial charge >= 0.3 is 6.03 Å². The lowest BCUT2D eigenvalue weighted by Gasteiger charge is -2.39. The second-order valence-corrected chi connectivity index (χ2v) is 8.20.